The number of benzene rings is 3. The lowest BCUT2D eigenvalue weighted by Crippen LogP contribution is -2.65. The molecule has 0 aromatic heterocycles. The number of ether oxygens (including phenoxy) is 2. The number of amides is 9. The molecule has 8 atom stereocenters. The third kappa shape index (κ3) is 16.2. The number of carbonyl (C=O) groups excluding carboxylic acids is 10. The Morgan fingerprint density at radius 3 is 1.72 bits per heavy atom. The number of aliphatic hydroxyl groups is 2. The molecule has 5 aliphatic rings. The average Bonchev–Trinajstić information content (AvgIpc) is 1.64. The summed E-state index contributed by atoms with van der Waals surface area (Å²) in [5, 5.41) is 64.2. The number of aliphatic hydroxyl groups excluding tert-OH is 2. The Balaban J connectivity index is 0.846. The highest BCUT2D eigenvalue weighted by Crippen LogP contribution is 2.57. The van der Waals surface area contributed by atoms with E-state index in [2.05, 4.69) is 57.7 Å². The van der Waals surface area contributed by atoms with Gasteiger partial charge >= 0.3 is 5.97 Å². The Morgan fingerprint density at radius 1 is 0.632 bits per heavy atom. The summed E-state index contributed by atoms with van der Waals surface area (Å²) < 4.78 is 12.1. The molecule has 15 N–H and O–H groups in total. The van der Waals surface area contributed by atoms with Crippen molar-refractivity contribution in [1.82, 2.24) is 57.7 Å². The van der Waals surface area contributed by atoms with E-state index in [1.165, 1.54) is 50.2 Å². The van der Waals surface area contributed by atoms with Gasteiger partial charge in [-0.15, -0.1) is 0 Å². The predicted molar refractivity (Wildman–Crippen MR) is 311 cm³/mol. The zero-order chi connectivity index (χ0) is 63.4. The van der Waals surface area contributed by atoms with Gasteiger partial charge in [-0.2, -0.15) is 0 Å². The van der Waals surface area contributed by atoms with Crippen molar-refractivity contribution in [3.05, 3.63) is 82.4 Å². The van der Waals surface area contributed by atoms with Crippen molar-refractivity contribution in [3.63, 3.8) is 0 Å². The van der Waals surface area contributed by atoms with Crippen molar-refractivity contribution in [3.8, 4) is 23.0 Å². The van der Waals surface area contributed by atoms with E-state index in [4.69, 9.17) is 15.2 Å². The Kier molecular flexibility index (Phi) is 22.3. The Bertz CT molecular complexity index is 3030. The Morgan fingerprint density at radius 2 is 1.17 bits per heavy atom. The first kappa shape index (κ1) is 66.1. The molecule has 472 valence electrons. The number of unbranched alkanes of at least 4 members (excludes halogenated alkanes) is 1. The number of fused-ring (bicyclic) bond motifs is 9. The standard InChI is InChI=1S/C59H80N12O16/c1-30(2)23-42(54(81)65-41(50(60)77)9-7-8-17-62-53(80)34-10-13-38-37(24-34)58(85)87-59(38)39-14-11-35(74)25-45(39)86-46-26-36(75)12-15-40(46)59)66-55(82)44(29-73)68-56(83)43(28-72)67-52(79)33(6)63-51(78)32(5)64-57(84)49(31(3)4)69-48(76)16-18-61-47-27-70-19-21-71(47)22-20-70/h10-15,24-26,30-33,41-44,47,49,61,72-75H,7-9,16-23,27-29H2,1-6H3,(H2,60,77)(H,62,80)(H,63,78)(H,64,84)(H,65,81)(H,66,82)(H,67,79)(H,68,83)(H,69,76)/t32-,33-,41-,42-,43-,44-,47?,49-/m0/s1. The maximum atomic E-state index is 13.7. The molecule has 3 fully saturated rings. The molecule has 1 unspecified atom stereocenters. The fraction of sp³-hybridized carbons (Fsp3) is 0.525. The lowest BCUT2D eigenvalue weighted by atomic mass is 9.77. The highest BCUT2D eigenvalue weighted by molar-refractivity contribution is 6.02. The molecule has 3 saturated heterocycles. The largest absolute Gasteiger partial charge is 0.508 e. The van der Waals surface area contributed by atoms with E-state index in [-0.39, 0.29) is 90.3 Å². The highest BCUT2D eigenvalue weighted by atomic mass is 16.6. The highest BCUT2D eigenvalue weighted by Gasteiger charge is 2.54. The molecule has 0 saturated carbocycles. The monoisotopic (exact) mass is 1210 g/mol. The van der Waals surface area contributed by atoms with Gasteiger partial charge in [-0.3, -0.25) is 53.0 Å². The number of nitrogens with one attached hydrogen (secondary N) is 9. The Labute approximate surface area is 502 Å². The van der Waals surface area contributed by atoms with E-state index in [9.17, 15) is 68.4 Å². The molecule has 5 heterocycles. The van der Waals surface area contributed by atoms with Crippen LogP contribution in [-0.2, 0) is 48.7 Å². The van der Waals surface area contributed by atoms with Crippen LogP contribution in [0.1, 0.15) is 111 Å². The number of primary amides is 1. The van der Waals surface area contributed by atoms with Crippen molar-refractivity contribution < 1.29 is 77.8 Å². The van der Waals surface area contributed by atoms with Gasteiger partial charge in [-0.25, -0.2) is 4.79 Å². The molecule has 3 aromatic carbocycles. The minimum Gasteiger partial charge on any atom is -0.508 e. The maximum Gasteiger partial charge on any atom is 0.340 e. The van der Waals surface area contributed by atoms with Crippen molar-refractivity contribution in [2.45, 2.75) is 128 Å². The van der Waals surface area contributed by atoms with Crippen molar-refractivity contribution in [1.29, 1.82) is 0 Å². The van der Waals surface area contributed by atoms with E-state index in [1.807, 2.05) is 0 Å². The van der Waals surface area contributed by atoms with E-state index in [0.717, 1.165) is 32.7 Å². The van der Waals surface area contributed by atoms with Crippen LogP contribution in [0.5, 0.6) is 23.0 Å². The third-order valence-corrected chi connectivity index (χ3v) is 15.7. The van der Waals surface area contributed by atoms with Crippen LogP contribution < -0.4 is 58.3 Å². The first-order valence-electron chi connectivity index (χ1n) is 29.2. The molecule has 8 rings (SSSR count). The minimum atomic E-state index is -1.71. The normalized spacial score (nSPS) is 19.2. The van der Waals surface area contributed by atoms with E-state index in [1.54, 1.807) is 45.9 Å². The molecule has 5 aliphatic heterocycles. The first-order valence-corrected chi connectivity index (χ1v) is 29.2. The van der Waals surface area contributed by atoms with E-state index in [0.29, 0.717) is 29.7 Å². The zero-order valence-corrected chi connectivity index (χ0v) is 49.5. The molecule has 3 aromatic rings. The third-order valence-electron chi connectivity index (χ3n) is 15.7. The summed E-state index contributed by atoms with van der Waals surface area (Å²) in [5.41, 5.74) is 5.63. The van der Waals surface area contributed by atoms with Crippen LogP contribution in [0.2, 0.25) is 0 Å². The summed E-state index contributed by atoms with van der Waals surface area (Å²) >= 11 is 0. The molecule has 2 bridgehead atoms. The van der Waals surface area contributed by atoms with Crippen LogP contribution in [0.25, 0.3) is 0 Å². The molecule has 9 amide bonds. The quantitative estimate of drug-likeness (QED) is 0.0267. The molecular formula is C59H80N12O16. The van der Waals surface area contributed by atoms with Gasteiger partial charge < -0.3 is 83.5 Å². The molecule has 1 spiro atoms. The predicted octanol–water partition coefficient (Wildman–Crippen LogP) is -1.89. The number of piperazine rings is 3. The van der Waals surface area contributed by atoms with Crippen molar-refractivity contribution >= 4 is 59.1 Å². The summed E-state index contributed by atoms with van der Waals surface area (Å²) in [7, 11) is 0. The van der Waals surface area contributed by atoms with Gasteiger partial charge in [-0.05, 0) is 87.8 Å². The van der Waals surface area contributed by atoms with Gasteiger partial charge in [0, 0.05) is 86.6 Å². The number of hydrogen-bond donors (Lipinski definition) is 14. The van der Waals surface area contributed by atoms with Crippen LogP contribution in [0.3, 0.4) is 0 Å². The van der Waals surface area contributed by atoms with Crippen LogP contribution in [0.4, 0.5) is 0 Å². The fourth-order valence-corrected chi connectivity index (χ4v) is 10.8. The number of phenolic OH excluding ortho intramolecular Hbond substituents is 2. The molecule has 87 heavy (non-hydrogen) atoms. The molecule has 0 aliphatic carbocycles. The summed E-state index contributed by atoms with van der Waals surface area (Å²) in [4.78, 5) is 137. The number of carbonyl (C=O) groups is 10. The Hall–Kier alpha value is -8.44. The van der Waals surface area contributed by atoms with Gasteiger partial charge in [0.2, 0.25) is 47.3 Å². The second kappa shape index (κ2) is 29.3. The zero-order valence-electron chi connectivity index (χ0n) is 49.5. The van der Waals surface area contributed by atoms with Crippen molar-refractivity contribution in [2.75, 3.05) is 59.0 Å². The van der Waals surface area contributed by atoms with Crippen LogP contribution in [-0.4, -0.2) is 197 Å². The number of esters is 1. The number of aromatic hydroxyl groups is 2. The molecule has 0 radical (unpaired) electrons. The van der Waals surface area contributed by atoms with Gasteiger partial charge in [0.15, 0.2) is 5.60 Å². The van der Waals surface area contributed by atoms with E-state index >= 15 is 0 Å². The van der Waals surface area contributed by atoms with Crippen LogP contribution in [0, 0.1) is 11.8 Å². The SMILES string of the molecule is CC(C)C[C@H](NC(=O)[C@H](CO)NC(=O)[C@H](CO)NC(=O)[C@H](C)NC(=O)[C@H](C)NC(=O)[C@@H](NC(=O)CCNC1CN2CCN1CC2)C(C)C)C(=O)N[C@@H](CCCCNC(=O)c1ccc2c(c1)C(=O)OC21c2ccc(O)cc2Oc2cc(O)ccc21)C(N)=O. The summed E-state index contributed by atoms with van der Waals surface area (Å²) in [6.45, 7) is 13.0. The number of nitrogens with zero attached hydrogens (tertiary/aromatic N) is 2. The lowest BCUT2D eigenvalue weighted by molar-refractivity contribution is -0.136. The van der Waals surface area contributed by atoms with Crippen molar-refractivity contribution in [2.24, 2.45) is 17.6 Å². The summed E-state index contributed by atoms with van der Waals surface area (Å²) in [6, 6.07) is 3.76. The van der Waals surface area contributed by atoms with Gasteiger partial charge in [0.25, 0.3) is 5.91 Å². The number of rotatable bonds is 29. The van der Waals surface area contributed by atoms with Gasteiger partial charge in [0.1, 0.15) is 65.3 Å². The first-order chi connectivity index (χ1) is 41.3. The topological polar surface area (TPSA) is 411 Å². The van der Waals surface area contributed by atoms with Gasteiger partial charge in [-0.1, -0.05) is 33.8 Å². The van der Waals surface area contributed by atoms with Gasteiger partial charge in [0.05, 0.1) is 24.9 Å². The molecular weight excluding hydrogens is 1130 g/mol. The summed E-state index contributed by atoms with van der Waals surface area (Å²) in [6.07, 6.45) is 0.898. The number of hydrogen-bond acceptors (Lipinski definition) is 19. The average molecular weight is 1210 g/mol. The second-order valence-electron chi connectivity index (χ2n) is 23.0. The van der Waals surface area contributed by atoms with Crippen LogP contribution in [0.15, 0.2) is 54.6 Å². The lowest BCUT2D eigenvalue weighted by Gasteiger charge is -2.47. The van der Waals surface area contributed by atoms with E-state index < -0.39 is 114 Å². The number of phenols is 2. The smallest absolute Gasteiger partial charge is 0.340 e. The molecule has 28 heteroatoms. The van der Waals surface area contributed by atoms with Crippen LogP contribution >= 0.6 is 0 Å². The number of nitrogens with two attached hydrogens (primary N) is 1. The second-order valence-corrected chi connectivity index (χ2v) is 23.0. The summed E-state index contributed by atoms with van der Waals surface area (Å²) in [5.74, 6) is -8.20. The maximum absolute atomic E-state index is 13.7. The molecule has 28 nitrogen and oxygen atoms in total. The fourth-order valence-electron chi connectivity index (χ4n) is 10.8. The minimum absolute atomic E-state index is 0.0205.